The first-order chi connectivity index (χ1) is 8.04. The number of Topliss-reactive ketones (excluding diaryl/α,β-unsaturated/α-hetero) is 1. The van der Waals surface area contributed by atoms with Crippen molar-refractivity contribution in [2.75, 3.05) is 7.11 Å². The van der Waals surface area contributed by atoms with Gasteiger partial charge >= 0.3 is 5.97 Å². The maximum atomic E-state index is 11.8. The van der Waals surface area contributed by atoms with Crippen LogP contribution >= 0.6 is 0 Å². The van der Waals surface area contributed by atoms with E-state index in [9.17, 15) is 9.59 Å². The van der Waals surface area contributed by atoms with Crippen molar-refractivity contribution < 1.29 is 19.1 Å². The molecule has 0 aliphatic carbocycles. The molecular formula is C14H24O4. The van der Waals surface area contributed by atoms with Gasteiger partial charge in [0, 0.05) is 6.42 Å². The lowest BCUT2D eigenvalue weighted by atomic mass is 9.84. The van der Waals surface area contributed by atoms with Crippen LogP contribution in [0.5, 0.6) is 0 Å². The topological polar surface area (TPSA) is 52.6 Å². The molecule has 0 spiro atoms. The maximum absolute atomic E-state index is 11.8. The minimum atomic E-state index is -0.819. The molecule has 0 amide bonds. The Bertz CT molecular complexity index is 345. The lowest BCUT2D eigenvalue weighted by Gasteiger charge is -2.25. The Morgan fingerprint density at radius 1 is 1.11 bits per heavy atom. The molecule has 4 heteroatoms. The molecule has 0 saturated heterocycles. The van der Waals surface area contributed by atoms with Gasteiger partial charge in [0.05, 0.1) is 18.6 Å². The fraction of sp³-hybridized carbons (Fsp3) is 0.714. The summed E-state index contributed by atoms with van der Waals surface area (Å²) >= 11 is 0. The molecule has 0 atom stereocenters. The Morgan fingerprint density at radius 2 is 1.61 bits per heavy atom. The largest absolute Gasteiger partial charge is 0.500 e. The van der Waals surface area contributed by atoms with E-state index in [-0.39, 0.29) is 5.78 Å². The van der Waals surface area contributed by atoms with Gasteiger partial charge in [-0.1, -0.05) is 6.92 Å². The fourth-order valence-corrected chi connectivity index (χ4v) is 1.51. The van der Waals surface area contributed by atoms with Gasteiger partial charge < -0.3 is 9.47 Å². The molecular weight excluding hydrogens is 232 g/mol. The molecule has 18 heavy (non-hydrogen) atoms. The zero-order chi connectivity index (χ0) is 14.6. The van der Waals surface area contributed by atoms with Gasteiger partial charge in [0.25, 0.3) is 0 Å². The van der Waals surface area contributed by atoms with Crippen LogP contribution < -0.4 is 0 Å². The van der Waals surface area contributed by atoms with Gasteiger partial charge in [-0.15, -0.1) is 0 Å². The van der Waals surface area contributed by atoms with E-state index < -0.39 is 17.0 Å². The van der Waals surface area contributed by atoms with Crippen molar-refractivity contribution >= 4 is 11.8 Å². The van der Waals surface area contributed by atoms with Crippen LogP contribution in [-0.4, -0.2) is 24.5 Å². The molecule has 0 bridgehead atoms. The Balaban J connectivity index is 5.09. The molecule has 0 saturated carbocycles. The summed E-state index contributed by atoms with van der Waals surface area (Å²) in [6, 6.07) is 0. The molecule has 0 aromatic carbocycles. The summed E-state index contributed by atoms with van der Waals surface area (Å²) in [6.45, 7) is 10.6. The third-order valence-electron chi connectivity index (χ3n) is 2.51. The summed E-state index contributed by atoms with van der Waals surface area (Å²) in [5.74, 6) is -0.168. The Kier molecular flexibility index (Phi) is 5.58. The van der Waals surface area contributed by atoms with Gasteiger partial charge in [0.1, 0.15) is 17.1 Å². The van der Waals surface area contributed by atoms with E-state index in [4.69, 9.17) is 9.47 Å². The van der Waals surface area contributed by atoms with E-state index in [0.717, 1.165) is 0 Å². The van der Waals surface area contributed by atoms with Crippen molar-refractivity contribution in [2.45, 2.75) is 53.6 Å². The zero-order valence-electron chi connectivity index (χ0n) is 12.4. The highest BCUT2D eigenvalue weighted by atomic mass is 16.6. The van der Waals surface area contributed by atoms with Crippen LogP contribution in [0.3, 0.4) is 0 Å². The molecule has 0 radical (unpaired) electrons. The van der Waals surface area contributed by atoms with E-state index in [2.05, 4.69) is 0 Å². The van der Waals surface area contributed by atoms with Gasteiger partial charge in [-0.2, -0.15) is 0 Å². The number of carbonyl (C=O) groups excluding carboxylic acids is 2. The van der Waals surface area contributed by atoms with Gasteiger partial charge in [0.15, 0.2) is 0 Å². The van der Waals surface area contributed by atoms with Gasteiger partial charge in [0.2, 0.25) is 0 Å². The lowest BCUT2D eigenvalue weighted by molar-refractivity contribution is -0.148. The molecule has 4 nitrogen and oxygen atoms in total. The number of methoxy groups -OCH3 is 1. The summed E-state index contributed by atoms with van der Waals surface area (Å²) in [5.41, 5.74) is -1.38. The Labute approximate surface area is 109 Å². The number of ketones is 1. The second-order valence-electron chi connectivity index (χ2n) is 5.65. The third-order valence-corrected chi connectivity index (χ3v) is 2.51. The number of carbonyl (C=O) groups is 2. The summed E-state index contributed by atoms with van der Waals surface area (Å²) in [4.78, 5) is 23.5. The SMILES string of the molecule is CCC(=O)C(C)(C)/C(=C/C(=O)OC(C)(C)C)OC. The van der Waals surface area contributed by atoms with Crippen molar-refractivity contribution in [1.29, 1.82) is 0 Å². The van der Waals surface area contributed by atoms with E-state index in [1.807, 2.05) is 0 Å². The number of allylic oxidation sites excluding steroid dienone is 1. The van der Waals surface area contributed by atoms with Crippen LogP contribution in [0.15, 0.2) is 11.8 Å². The predicted molar refractivity (Wildman–Crippen MR) is 70.0 cm³/mol. The number of esters is 1. The van der Waals surface area contributed by atoms with Crippen LogP contribution in [0.25, 0.3) is 0 Å². The van der Waals surface area contributed by atoms with Crippen molar-refractivity contribution in [3.8, 4) is 0 Å². The molecule has 0 fully saturated rings. The van der Waals surface area contributed by atoms with Crippen molar-refractivity contribution in [2.24, 2.45) is 5.41 Å². The standard InChI is InChI=1S/C14H24O4/c1-8-10(15)14(5,6)11(17-7)9-12(16)18-13(2,3)4/h9H,8H2,1-7H3/b11-9-. The monoisotopic (exact) mass is 256 g/mol. The normalized spacial score (nSPS) is 13.2. The lowest BCUT2D eigenvalue weighted by Crippen LogP contribution is -2.29. The smallest absolute Gasteiger partial charge is 0.334 e. The van der Waals surface area contributed by atoms with E-state index in [1.165, 1.54) is 13.2 Å². The van der Waals surface area contributed by atoms with Crippen LogP contribution in [0.2, 0.25) is 0 Å². The third kappa shape index (κ3) is 4.90. The van der Waals surface area contributed by atoms with Crippen molar-refractivity contribution in [3.63, 3.8) is 0 Å². The average molecular weight is 256 g/mol. The Hall–Kier alpha value is -1.32. The molecule has 0 rings (SSSR count). The Morgan fingerprint density at radius 3 is 1.94 bits per heavy atom. The molecule has 0 heterocycles. The molecule has 0 unspecified atom stereocenters. The van der Waals surface area contributed by atoms with Crippen LogP contribution in [0.1, 0.15) is 48.0 Å². The highest BCUT2D eigenvalue weighted by molar-refractivity contribution is 5.89. The quantitative estimate of drug-likeness (QED) is 0.431. The van der Waals surface area contributed by atoms with Gasteiger partial charge in [-0.3, -0.25) is 4.79 Å². The second kappa shape index (κ2) is 6.03. The van der Waals surface area contributed by atoms with Gasteiger partial charge in [-0.25, -0.2) is 4.79 Å². The molecule has 104 valence electrons. The van der Waals surface area contributed by atoms with E-state index in [1.54, 1.807) is 41.5 Å². The molecule has 0 aromatic heterocycles. The van der Waals surface area contributed by atoms with E-state index >= 15 is 0 Å². The fourth-order valence-electron chi connectivity index (χ4n) is 1.51. The number of ether oxygens (including phenoxy) is 2. The minimum Gasteiger partial charge on any atom is -0.500 e. The maximum Gasteiger partial charge on any atom is 0.334 e. The number of rotatable bonds is 5. The first-order valence-electron chi connectivity index (χ1n) is 6.07. The first-order valence-corrected chi connectivity index (χ1v) is 6.07. The highest BCUT2D eigenvalue weighted by Crippen LogP contribution is 2.29. The molecule has 0 aliphatic rings. The van der Waals surface area contributed by atoms with Crippen LogP contribution in [0.4, 0.5) is 0 Å². The van der Waals surface area contributed by atoms with E-state index in [0.29, 0.717) is 12.2 Å². The predicted octanol–water partition coefficient (Wildman–Crippen LogP) is 2.86. The molecule has 0 aromatic rings. The van der Waals surface area contributed by atoms with Gasteiger partial charge in [-0.05, 0) is 34.6 Å². The average Bonchev–Trinajstić information content (AvgIpc) is 2.21. The number of hydrogen-bond donors (Lipinski definition) is 0. The van der Waals surface area contributed by atoms with Crippen molar-refractivity contribution in [1.82, 2.24) is 0 Å². The molecule has 0 N–H and O–H groups in total. The summed E-state index contributed by atoms with van der Waals surface area (Å²) < 4.78 is 10.3. The first kappa shape index (κ1) is 16.7. The van der Waals surface area contributed by atoms with Crippen molar-refractivity contribution in [3.05, 3.63) is 11.8 Å². The zero-order valence-corrected chi connectivity index (χ0v) is 12.4. The number of hydrogen-bond acceptors (Lipinski definition) is 4. The second-order valence-corrected chi connectivity index (χ2v) is 5.65. The summed E-state index contributed by atoms with van der Waals surface area (Å²) in [6.07, 6.45) is 1.64. The van der Waals surface area contributed by atoms with Crippen LogP contribution in [-0.2, 0) is 19.1 Å². The molecule has 0 aliphatic heterocycles. The highest BCUT2D eigenvalue weighted by Gasteiger charge is 2.32. The minimum absolute atomic E-state index is 0.0131. The summed E-state index contributed by atoms with van der Waals surface area (Å²) in [7, 11) is 1.45. The van der Waals surface area contributed by atoms with Crippen LogP contribution in [0, 0.1) is 5.41 Å². The summed E-state index contributed by atoms with van der Waals surface area (Å²) in [5, 5.41) is 0.